The molecule has 0 spiro atoms. The van der Waals surface area contributed by atoms with Crippen LogP contribution < -0.4 is 15.4 Å². The summed E-state index contributed by atoms with van der Waals surface area (Å²) in [7, 11) is 1.53. The summed E-state index contributed by atoms with van der Waals surface area (Å²) in [6.45, 7) is 1.37. The minimum atomic E-state index is -2.84. The summed E-state index contributed by atoms with van der Waals surface area (Å²) in [6, 6.07) is 14.5. The predicted octanol–water partition coefficient (Wildman–Crippen LogP) is 4.55. The largest absolute Gasteiger partial charge is 0.497 e. The van der Waals surface area contributed by atoms with E-state index < -0.39 is 18.0 Å². The third-order valence-electron chi connectivity index (χ3n) is 4.79. The van der Waals surface area contributed by atoms with Gasteiger partial charge in [0.15, 0.2) is 5.65 Å². The van der Waals surface area contributed by atoms with Gasteiger partial charge in [-0.3, -0.25) is 9.59 Å². The number of rotatable bonds is 6. The molecule has 0 saturated carbocycles. The zero-order chi connectivity index (χ0) is 23.5. The number of hydrogen-bond acceptors (Lipinski definition) is 5. The molecule has 4 aromatic rings. The number of ether oxygens (including phenoxy) is 1. The van der Waals surface area contributed by atoms with Crippen LogP contribution in [0, 0.1) is 0 Å². The van der Waals surface area contributed by atoms with Gasteiger partial charge in [-0.2, -0.15) is 5.10 Å². The van der Waals surface area contributed by atoms with Crippen LogP contribution in [0.5, 0.6) is 5.75 Å². The number of carbonyl (C=O) groups is 2. The van der Waals surface area contributed by atoms with Crippen molar-refractivity contribution in [3.8, 4) is 17.0 Å². The number of methoxy groups -OCH3 is 1. The van der Waals surface area contributed by atoms with Gasteiger partial charge in [0, 0.05) is 23.9 Å². The first-order valence-electron chi connectivity index (χ1n) is 9.86. The second kappa shape index (κ2) is 9.03. The Morgan fingerprint density at radius 2 is 1.73 bits per heavy atom. The van der Waals surface area contributed by atoms with Gasteiger partial charge >= 0.3 is 0 Å². The van der Waals surface area contributed by atoms with Crippen molar-refractivity contribution >= 4 is 28.8 Å². The molecule has 0 unspecified atom stereocenters. The van der Waals surface area contributed by atoms with Crippen LogP contribution in [0.25, 0.3) is 16.9 Å². The van der Waals surface area contributed by atoms with E-state index in [0.29, 0.717) is 22.7 Å². The second-order valence-electron chi connectivity index (χ2n) is 7.11. The van der Waals surface area contributed by atoms with E-state index >= 15 is 0 Å². The molecule has 0 aliphatic heterocycles. The van der Waals surface area contributed by atoms with Gasteiger partial charge in [-0.05, 0) is 48.5 Å². The van der Waals surface area contributed by atoms with Gasteiger partial charge in [-0.25, -0.2) is 18.3 Å². The number of aromatic nitrogens is 3. The van der Waals surface area contributed by atoms with Gasteiger partial charge in [0.25, 0.3) is 12.3 Å². The minimum absolute atomic E-state index is 0.00543. The van der Waals surface area contributed by atoms with Gasteiger partial charge in [0.1, 0.15) is 17.0 Å². The molecule has 0 radical (unpaired) electrons. The van der Waals surface area contributed by atoms with Crippen LogP contribution >= 0.6 is 0 Å². The Kier molecular flexibility index (Phi) is 5.99. The van der Waals surface area contributed by atoms with Crippen molar-refractivity contribution in [1.29, 1.82) is 0 Å². The van der Waals surface area contributed by atoms with Crippen molar-refractivity contribution in [2.45, 2.75) is 13.3 Å². The molecule has 0 fully saturated rings. The monoisotopic (exact) mass is 451 g/mol. The first-order valence-corrected chi connectivity index (χ1v) is 9.86. The fourth-order valence-corrected chi connectivity index (χ4v) is 3.29. The summed E-state index contributed by atoms with van der Waals surface area (Å²) in [6.07, 6.45) is -1.64. The van der Waals surface area contributed by atoms with E-state index in [4.69, 9.17) is 4.74 Å². The maximum Gasteiger partial charge on any atom is 0.280 e. The smallest absolute Gasteiger partial charge is 0.280 e. The molecule has 10 heteroatoms. The first kappa shape index (κ1) is 21.9. The molecular formula is C23H19F2N5O3. The molecule has 2 amide bonds. The van der Waals surface area contributed by atoms with E-state index in [2.05, 4.69) is 20.7 Å². The molecule has 0 aliphatic carbocycles. The molecule has 33 heavy (non-hydrogen) atoms. The van der Waals surface area contributed by atoms with Gasteiger partial charge < -0.3 is 15.4 Å². The van der Waals surface area contributed by atoms with Crippen molar-refractivity contribution in [3.63, 3.8) is 0 Å². The molecule has 2 N–H and O–H groups in total. The summed E-state index contributed by atoms with van der Waals surface area (Å²) in [5.41, 5.74) is 1.38. The van der Waals surface area contributed by atoms with Crippen LogP contribution in [0.2, 0.25) is 0 Å². The highest BCUT2D eigenvalue weighted by Crippen LogP contribution is 2.28. The fourth-order valence-electron chi connectivity index (χ4n) is 3.29. The number of benzene rings is 2. The zero-order valence-corrected chi connectivity index (χ0v) is 17.7. The van der Waals surface area contributed by atoms with E-state index in [1.807, 2.05) is 0 Å². The number of amides is 2. The lowest BCUT2D eigenvalue weighted by Gasteiger charge is -2.10. The van der Waals surface area contributed by atoms with E-state index in [0.717, 1.165) is 4.52 Å². The van der Waals surface area contributed by atoms with E-state index in [-0.39, 0.29) is 22.8 Å². The summed E-state index contributed by atoms with van der Waals surface area (Å²) in [5, 5.41) is 9.27. The topological polar surface area (TPSA) is 97.6 Å². The lowest BCUT2D eigenvalue weighted by molar-refractivity contribution is -0.114. The maximum atomic E-state index is 13.8. The normalized spacial score (nSPS) is 10.9. The Morgan fingerprint density at radius 1 is 1.03 bits per heavy atom. The van der Waals surface area contributed by atoms with Crippen molar-refractivity contribution in [1.82, 2.24) is 14.6 Å². The van der Waals surface area contributed by atoms with Crippen LogP contribution in [-0.2, 0) is 4.79 Å². The minimum Gasteiger partial charge on any atom is -0.497 e. The highest BCUT2D eigenvalue weighted by atomic mass is 19.3. The number of halogens is 2. The predicted molar refractivity (Wildman–Crippen MR) is 119 cm³/mol. The molecule has 4 rings (SSSR count). The number of hydrogen-bond donors (Lipinski definition) is 2. The van der Waals surface area contributed by atoms with Crippen molar-refractivity contribution in [3.05, 3.63) is 72.1 Å². The number of alkyl halides is 2. The van der Waals surface area contributed by atoms with Crippen LogP contribution in [0.15, 0.2) is 60.8 Å². The van der Waals surface area contributed by atoms with Crippen LogP contribution in [0.4, 0.5) is 20.2 Å². The number of fused-ring (bicyclic) bond motifs is 1. The highest BCUT2D eigenvalue weighted by molar-refractivity contribution is 6.08. The van der Waals surface area contributed by atoms with Crippen molar-refractivity contribution in [2.24, 2.45) is 0 Å². The lowest BCUT2D eigenvalue weighted by atomic mass is 10.1. The molecular weight excluding hydrogens is 432 g/mol. The molecule has 0 bridgehead atoms. The SMILES string of the molecule is COc1ccc(-c2cc(C(F)F)n3ncc(C(=O)Nc4cccc(NC(C)=O)c4)c3n2)cc1. The van der Waals surface area contributed by atoms with Gasteiger partial charge in [0.2, 0.25) is 5.91 Å². The summed E-state index contributed by atoms with van der Waals surface area (Å²) >= 11 is 0. The Morgan fingerprint density at radius 3 is 2.36 bits per heavy atom. The summed E-state index contributed by atoms with van der Waals surface area (Å²) < 4.78 is 33.6. The quantitative estimate of drug-likeness (QED) is 0.448. The molecule has 0 atom stereocenters. The highest BCUT2D eigenvalue weighted by Gasteiger charge is 2.22. The summed E-state index contributed by atoms with van der Waals surface area (Å²) in [4.78, 5) is 28.6. The van der Waals surface area contributed by atoms with Crippen molar-refractivity contribution < 1.29 is 23.1 Å². The Labute approximate surface area is 187 Å². The molecule has 0 saturated heterocycles. The van der Waals surface area contributed by atoms with Gasteiger partial charge in [0.05, 0.1) is 19.0 Å². The number of nitrogens with one attached hydrogen (secondary N) is 2. The van der Waals surface area contributed by atoms with Crippen LogP contribution in [-0.4, -0.2) is 33.5 Å². The maximum absolute atomic E-state index is 13.8. The summed E-state index contributed by atoms with van der Waals surface area (Å²) in [5.74, 6) is -0.222. The Balaban J connectivity index is 1.73. The van der Waals surface area contributed by atoms with E-state index in [1.54, 1.807) is 48.5 Å². The number of carbonyl (C=O) groups excluding carboxylic acids is 2. The van der Waals surface area contributed by atoms with E-state index in [1.165, 1.54) is 26.3 Å². The molecule has 168 valence electrons. The molecule has 2 aromatic heterocycles. The average molecular weight is 451 g/mol. The van der Waals surface area contributed by atoms with Gasteiger partial charge in [-0.1, -0.05) is 6.07 Å². The Hall–Kier alpha value is -4.34. The first-order chi connectivity index (χ1) is 15.9. The van der Waals surface area contributed by atoms with Crippen LogP contribution in [0.1, 0.15) is 29.4 Å². The average Bonchev–Trinajstić information content (AvgIpc) is 3.22. The third kappa shape index (κ3) is 4.64. The Bertz CT molecular complexity index is 1340. The lowest BCUT2D eigenvalue weighted by Crippen LogP contribution is -2.13. The number of anilines is 2. The second-order valence-corrected chi connectivity index (χ2v) is 7.11. The molecule has 2 aromatic carbocycles. The number of nitrogens with zero attached hydrogens (tertiary/aromatic N) is 3. The van der Waals surface area contributed by atoms with E-state index in [9.17, 15) is 18.4 Å². The molecule has 8 nitrogen and oxygen atoms in total. The van der Waals surface area contributed by atoms with Gasteiger partial charge in [-0.15, -0.1) is 0 Å². The molecule has 2 heterocycles. The standard InChI is InChI=1S/C23H19F2N5O3/c1-13(31)27-15-4-3-5-16(10-15)28-23(32)18-12-26-30-20(21(24)25)11-19(29-22(18)30)14-6-8-17(33-2)9-7-14/h3-12,21H,1-2H3,(H,27,31)(H,28,32). The van der Waals surface area contributed by atoms with Crippen molar-refractivity contribution in [2.75, 3.05) is 17.7 Å². The third-order valence-corrected chi connectivity index (χ3v) is 4.79. The molecule has 0 aliphatic rings. The fraction of sp³-hybridized carbons (Fsp3) is 0.130. The van der Waals surface area contributed by atoms with Crippen LogP contribution in [0.3, 0.4) is 0 Å². The zero-order valence-electron chi connectivity index (χ0n) is 17.7.